The lowest BCUT2D eigenvalue weighted by molar-refractivity contribution is 0.240. The van der Waals surface area contributed by atoms with Gasteiger partial charge >= 0.3 is 6.03 Å². The van der Waals surface area contributed by atoms with E-state index in [1.54, 1.807) is 5.51 Å². The van der Waals surface area contributed by atoms with E-state index in [1.807, 2.05) is 48.6 Å². The van der Waals surface area contributed by atoms with Gasteiger partial charge in [0.25, 0.3) is 0 Å². The molecular weight excluding hydrogens is 272 g/mol. The van der Waals surface area contributed by atoms with E-state index in [2.05, 4.69) is 15.6 Å². The van der Waals surface area contributed by atoms with E-state index in [-0.39, 0.29) is 6.03 Å². The monoisotopic (exact) mass is 290 g/mol. The summed E-state index contributed by atoms with van der Waals surface area (Å²) in [5.74, 6) is 0. The predicted molar refractivity (Wildman–Crippen MR) is 82.0 cm³/mol. The molecule has 6 heteroatoms. The Morgan fingerprint density at radius 3 is 2.50 bits per heavy atom. The molecule has 0 radical (unpaired) electrons. The van der Waals surface area contributed by atoms with Crippen LogP contribution in [0.5, 0.6) is 0 Å². The molecule has 0 fully saturated rings. The first-order chi connectivity index (χ1) is 9.65. The summed E-state index contributed by atoms with van der Waals surface area (Å²) >= 11 is 1.52. The summed E-state index contributed by atoms with van der Waals surface area (Å²) in [6.45, 7) is 0.964. The minimum absolute atomic E-state index is 0.185. The van der Waals surface area contributed by atoms with Crippen molar-refractivity contribution >= 4 is 23.1 Å². The van der Waals surface area contributed by atoms with Gasteiger partial charge in [0, 0.05) is 31.7 Å². The van der Waals surface area contributed by atoms with Crippen molar-refractivity contribution in [3.8, 4) is 0 Å². The Kier molecular flexibility index (Phi) is 4.95. The van der Waals surface area contributed by atoms with E-state index in [0.29, 0.717) is 13.1 Å². The second kappa shape index (κ2) is 6.91. The van der Waals surface area contributed by atoms with Crippen LogP contribution < -0.4 is 15.5 Å². The number of hydrogen-bond acceptors (Lipinski definition) is 4. The second-order valence-corrected chi connectivity index (χ2v) is 5.30. The van der Waals surface area contributed by atoms with Crippen molar-refractivity contribution in [1.29, 1.82) is 0 Å². The van der Waals surface area contributed by atoms with Gasteiger partial charge in [-0.3, -0.25) is 0 Å². The summed E-state index contributed by atoms with van der Waals surface area (Å²) in [7, 11) is 4.00. The number of anilines is 1. The number of carbonyl (C=O) groups is 1. The normalized spacial score (nSPS) is 10.1. The van der Waals surface area contributed by atoms with Crippen molar-refractivity contribution in [2.24, 2.45) is 0 Å². The van der Waals surface area contributed by atoms with Gasteiger partial charge in [-0.25, -0.2) is 9.78 Å². The van der Waals surface area contributed by atoms with Crippen LogP contribution in [0.3, 0.4) is 0 Å². The van der Waals surface area contributed by atoms with Gasteiger partial charge in [0.1, 0.15) is 0 Å². The minimum atomic E-state index is -0.185. The molecule has 0 atom stereocenters. The third kappa shape index (κ3) is 4.24. The molecule has 0 spiro atoms. The molecule has 0 aliphatic heterocycles. The molecule has 2 rings (SSSR count). The number of benzene rings is 1. The summed E-state index contributed by atoms with van der Waals surface area (Å²) in [6.07, 6.45) is 0. The van der Waals surface area contributed by atoms with E-state index in [9.17, 15) is 4.79 Å². The Morgan fingerprint density at radius 2 is 1.90 bits per heavy atom. The van der Waals surface area contributed by atoms with Crippen molar-refractivity contribution in [3.05, 3.63) is 46.4 Å². The maximum Gasteiger partial charge on any atom is 0.315 e. The van der Waals surface area contributed by atoms with Crippen LogP contribution in [-0.2, 0) is 13.1 Å². The number of aromatic nitrogens is 1. The average Bonchev–Trinajstić information content (AvgIpc) is 2.96. The van der Waals surface area contributed by atoms with Crippen molar-refractivity contribution in [2.45, 2.75) is 13.1 Å². The first-order valence-corrected chi connectivity index (χ1v) is 7.24. The number of rotatable bonds is 5. The van der Waals surface area contributed by atoms with Gasteiger partial charge in [-0.05, 0) is 17.7 Å². The van der Waals surface area contributed by atoms with Crippen LogP contribution in [0.2, 0.25) is 0 Å². The van der Waals surface area contributed by atoms with Crippen LogP contribution in [-0.4, -0.2) is 25.1 Å². The Labute approximate surface area is 122 Å². The van der Waals surface area contributed by atoms with Crippen LogP contribution in [0.4, 0.5) is 10.5 Å². The summed E-state index contributed by atoms with van der Waals surface area (Å²) in [6, 6.07) is 7.90. The standard InChI is InChI=1S/C14H18N4OS/c1-18(2)13-5-3-11(4-6-13)7-15-14(19)16-8-12-9-20-10-17-12/h3-6,9-10H,7-8H2,1-2H3,(H2,15,16,19). The molecule has 1 heterocycles. The largest absolute Gasteiger partial charge is 0.378 e. The quantitative estimate of drug-likeness (QED) is 0.887. The maximum absolute atomic E-state index is 11.6. The SMILES string of the molecule is CN(C)c1ccc(CNC(=O)NCc2cscn2)cc1. The molecule has 2 N–H and O–H groups in total. The van der Waals surface area contributed by atoms with Crippen LogP contribution in [0, 0.1) is 0 Å². The van der Waals surface area contributed by atoms with Gasteiger partial charge in [0.05, 0.1) is 17.7 Å². The fraction of sp³-hybridized carbons (Fsp3) is 0.286. The molecule has 0 unspecified atom stereocenters. The Balaban J connectivity index is 1.75. The topological polar surface area (TPSA) is 57.3 Å². The zero-order valence-electron chi connectivity index (χ0n) is 11.6. The number of urea groups is 1. The summed E-state index contributed by atoms with van der Waals surface area (Å²) in [5.41, 5.74) is 4.84. The fourth-order valence-electron chi connectivity index (χ4n) is 1.65. The number of nitrogens with zero attached hydrogens (tertiary/aromatic N) is 2. The zero-order chi connectivity index (χ0) is 14.4. The zero-order valence-corrected chi connectivity index (χ0v) is 12.4. The summed E-state index contributed by atoms with van der Waals surface area (Å²) < 4.78 is 0. The van der Waals surface area contributed by atoms with Crippen molar-refractivity contribution < 1.29 is 4.79 Å². The number of carbonyl (C=O) groups excluding carboxylic acids is 1. The first-order valence-electron chi connectivity index (χ1n) is 6.30. The fourth-order valence-corrected chi connectivity index (χ4v) is 2.21. The highest BCUT2D eigenvalue weighted by Crippen LogP contribution is 2.11. The van der Waals surface area contributed by atoms with Gasteiger partial charge in [-0.15, -0.1) is 11.3 Å². The van der Waals surface area contributed by atoms with Crippen molar-refractivity contribution in [2.75, 3.05) is 19.0 Å². The molecule has 0 bridgehead atoms. The molecule has 0 aliphatic rings. The molecular formula is C14H18N4OS. The van der Waals surface area contributed by atoms with Gasteiger partial charge in [0.2, 0.25) is 0 Å². The average molecular weight is 290 g/mol. The summed E-state index contributed by atoms with van der Waals surface area (Å²) in [5, 5.41) is 7.51. The third-order valence-corrected chi connectivity index (χ3v) is 3.45. The lowest BCUT2D eigenvalue weighted by atomic mass is 10.2. The lowest BCUT2D eigenvalue weighted by Gasteiger charge is -2.13. The molecule has 1 aromatic carbocycles. The molecule has 2 aromatic rings. The van der Waals surface area contributed by atoms with E-state index in [0.717, 1.165) is 16.9 Å². The smallest absolute Gasteiger partial charge is 0.315 e. The van der Waals surface area contributed by atoms with Gasteiger partial charge in [-0.2, -0.15) is 0 Å². The van der Waals surface area contributed by atoms with Crippen LogP contribution in [0.1, 0.15) is 11.3 Å². The minimum Gasteiger partial charge on any atom is -0.378 e. The Hall–Kier alpha value is -2.08. The predicted octanol–water partition coefficient (Wildman–Crippen LogP) is 2.21. The summed E-state index contributed by atoms with van der Waals surface area (Å²) in [4.78, 5) is 17.8. The molecule has 106 valence electrons. The molecule has 0 saturated heterocycles. The van der Waals surface area contributed by atoms with E-state index < -0.39 is 0 Å². The lowest BCUT2D eigenvalue weighted by Crippen LogP contribution is -2.34. The number of nitrogens with one attached hydrogen (secondary N) is 2. The Bertz CT molecular complexity index is 537. The molecule has 2 amide bonds. The second-order valence-electron chi connectivity index (χ2n) is 4.58. The number of hydrogen-bond donors (Lipinski definition) is 2. The van der Waals surface area contributed by atoms with E-state index in [1.165, 1.54) is 11.3 Å². The van der Waals surface area contributed by atoms with Gasteiger partial charge < -0.3 is 15.5 Å². The highest BCUT2D eigenvalue weighted by Gasteiger charge is 2.02. The van der Waals surface area contributed by atoms with Crippen molar-refractivity contribution in [3.63, 3.8) is 0 Å². The van der Waals surface area contributed by atoms with Crippen LogP contribution in [0.15, 0.2) is 35.2 Å². The maximum atomic E-state index is 11.6. The van der Waals surface area contributed by atoms with Crippen LogP contribution in [0.25, 0.3) is 0 Å². The number of amides is 2. The first kappa shape index (κ1) is 14.3. The molecule has 20 heavy (non-hydrogen) atoms. The number of thiazole rings is 1. The molecule has 1 aromatic heterocycles. The molecule has 0 aliphatic carbocycles. The highest BCUT2D eigenvalue weighted by molar-refractivity contribution is 7.07. The molecule has 5 nitrogen and oxygen atoms in total. The van der Waals surface area contributed by atoms with E-state index >= 15 is 0 Å². The van der Waals surface area contributed by atoms with E-state index in [4.69, 9.17) is 0 Å². The van der Waals surface area contributed by atoms with Crippen molar-refractivity contribution in [1.82, 2.24) is 15.6 Å². The third-order valence-electron chi connectivity index (χ3n) is 2.82. The van der Waals surface area contributed by atoms with Gasteiger partial charge in [0.15, 0.2) is 0 Å². The van der Waals surface area contributed by atoms with Crippen LogP contribution >= 0.6 is 11.3 Å². The Morgan fingerprint density at radius 1 is 1.20 bits per heavy atom. The van der Waals surface area contributed by atoms with Gasteiger partial charge in [-0.1, -0.05) is 12.1 Å². The molecule has 0 saturated carbocycles. The highest BCUT2D eigenvalue weighted by atomic mass is 32.1.